The topological polar surface area (TPSA) is 46.5 Å². The van der Waals surface area contributed by atoms with E-state index in [0.717, 1.165) is 5.56 Å². The van der Waals surface area contributed by atoms with Crippen LogP contribution in [0.3, 0.4) is 0 Å². The van der Waals surface area contributed by atoms with Crippen LogP contribution < -0.4 is 0 Å². The molecule has 3 nitrogen and oxygen atoms in total. The molecule has 0 aliphatic rings. The Labute approximate surface area is 142 Å². The zero-order valence-corrected chi connectivity index (χ0v) is 13.9. The molecular weight excluding hydrogens is 319 g/mol. The number of hydrogen-bond acceptors (Lipinski definition) is 2. The van der Waals surface area contributed by atoms with Crippen LogP contribution >= 0.6 is 8.25 Å². The normalized spacial score (nSPS) is 10.6. The third-order valence-corrected chi connectivity index (χ3v) is 3.39. The second kappa shape index (κ2) is 10.1. The van der Waals surface area contributed by atoms with E-state index in [-0.39, 0.29) is 0 Å². The van der Waals surface area contributed by atoms with Crippen LogP contribution in [0.2, 0.25) is 0 Å². The maximum atomic E-state index is 10.1. The van der Waals surface area contributed by atoms with Crippen molar-refractivity contribution in [3.05, 3.63) is 103 Å². The van der Waals surface area contributed by atoms with Gasteiger partial charge in [0.25, 0.3) is 0 Å². The van der Waals surface area contributed by atoms with Gasteiger partial charge in [0.15, 0.2) is 6.26 Å². The van der Waals surface area contributed by atoms with E-state index in [9.17, 15) is 4.57 Å². The Morgan fingerprint density at radius 1 is 0.708 bits per heavy atom. The van der Waals surface area contributed by atoms with Crippen molar-refractivity contribution in [2.24, 2.45) is 0 Å². The maximum Gasteiger partial charge on any atom is 0.746 e. The summed E-state index contributed by atoms with van der Waals surface area (Å²) in [6.45, 7) is 0. The van der Waals surface area contributed by atoms with Crippen LogP contribution in [0.1, 0.15) is 5.56 Å². The smallest absolute Gasteiger partial charge is 0.237 e. The van der Waals surface area contributed by atoms with Gasteiger partial charge >= 0.3 is 8.25 Å². The fourth-order valence-electron chi connectivity index (χ4n) is 1.99. The second-order valence-electron chi connectivity index (χ2n) is 4.79. The van der Waals surface area contributed by atoms with Crippen molar-refractivity contribution < 1.29 is 14.0 Å². The first-order valence-corrected chi connectivity index (χ1v) is 8.54. The van der Waals surface area contributed by atoms with Crippen LogP contribution in [-0.2, 0) is 9.09 Å². The minimum Gasteiger partial charge on any atom is -0.237 e. The zero-order chi connectivity index (χ0) is 17.0. The van der Waals surface area contributed by atoms with Gasteiger partial charge in [-0.05, 0) is 22.8 Å². The van der Waals surface area contributed by atoms with E-state index in [0.29, 0.717) is 0 Å². The van der Waals surface area contributed by atoms with E-state index in [1.807, 2.05) is 42.5 Å². The largest absolute Gasteiger partial charge is 0.746 e. The Hall–Kier alpha value is -2.74. The van der Waals surface area contributed by atoms with Crippen LogP contribution in [-0.4, -0.2) is 4.89 Å². The molecule has 0 saturated carbocycles. The first kappa shape index (κ1) is 17.6. The lowest BCUT2D eigenvalue weighted by Gasteiger charge is -1.98. The van der Waals surface area contributed by atoms with Crippen molar-refractivity contribution in [2.45, 2.75) is 0 Å². The third-order valence-electron chi connectivity index (χ3n) is 3.09. The molecule has 0 radical (unpaired) electrons. The Morgan fingerprint density at radius 2 is 1.12 bits per heavy atom. The SMILES string of the molecule is O=[P+](O)O/C=C/c1ccccc1.c1ccc(-c2ccccc2)cc1. The molecule has 0 aliphatic heterocycles. The van der Waals surface area contributed by atoms with Gasteiger partial charge in [-0.15, -0.1) is 4.89 Å². The summed E-state index contributed by atoms with van der Waals surface area (Å²) in [5.74, 6) is 0. The Kier molecular flexibility index (Phi) is 7.42. The highest BCUT2D eigenvalue weighted by molar-refractivity contribution is 7.32. The molecule has 0 amide bonds. The molecule has 4 heteroatoms. The molecule has 0 bridgehead atoms. The van der Waals surface area contributed by atoms with Gasteiger partial charge in [-0.3, -0.25) is 0 Å². The fraction of sp³-hybridized carbons (Fsp3) is 0. The predicted molar refractivity (Wildman–Crippen MR) is 98.3 cm³/mol. The van der Waals surface area contributed by atoms with Crippen LogP contribution in [0, 0.1) is 0 Å². The molecule has 0 aromatic heterocycles. The highest BCUT2D eigenvalue weighted by Crippen LogP contribution is 2.17. The summed E-state index contributed by atoms with van der Waals surface area (Å²) in [6, 6.07) is 30.2. The van der Waals surface area contributed by atoms with Gasteiger partial charge in [-0.25, -0.2) is 4.52 Å². The van der Waals surface area contributed by atoms with Crippen molar-refractivity contribution >= 4 is 14.3 Å². The van der Waals surface area contributed by atoms with Gasteiger partial charge in [-0.1, -0.05) is 91.0 Å². The molecule has 0 aliphatic carbocycles. The van der Waals surface area contributed by atoms with E-state index < -0.39 is 8.25 Å². The molecule has 3 aromatic carbocycles. The standard InChI is InChI=1S/C12H10.C8H7O3P/c1-3-7-11(8-4-1)12-9-5-2-6-10-12;9-12(10)11-7-6-8-4-2-1-3-5-8/h1-10H;1-7H/p+1/b;7-6+. The van der Waals surface area contributed by atoms with Crippen molar-refractivity contribution in [3.8, 4) is 11.1 Å². The molecule has 120 valence electrons. The third kappa shape index (κ3) is 6.57. The number of benzene rings is 3. The monoisotopic (exact) mass is 337 g/mol. The fourth-order valence-corrected chi connectivity index (χ4v) is 2.15. The van der Waals surface area contributed by atoms with Gasteiger partial charge < -0.3 is 0 Å². The summed E-state index contributed by atoms with van der Waals surface area (Å²) >= 11 is 0. The van der Waals surface area contributed by atoms with Crippen LogP contribution in [0.25, 0.3) is 17.2 Å². The summed E-state index contributed by atoms with van der Waals surface area (Å²) in [5, 5.41) is 0. The quantitative estimate of drug-likeness (QED) is 0.492. The molecular formula is C20H18O3P+. The van der Waals surface area contributed by atoms with Crippen molar-refractivity contribution in [2.75, 3.05) is 0 Å². The Bertz CT molecular complexity index is 719. The number of rotatable bonds is 4. The second-order valence-corrected chi connectivity index (χ2v) is 5.48. The average molecular weight is 337 g/mol. The summed E-state index contributed by atoms with van der Waals surface area (Å²) < 4.78 is 14.4. The molecule has 0 fully saturated rings. The Balaban J connectivity index is 0.000000174. The summed E-state index contributed by atoms with van der Waals surface area (Å²) in [6.07, 6.45) is 2.82. The van der Waals surface area contributed by atoms with Gasteiger partial charge in [-0.2, -0.15) is 0 Å². The molecule has 3 rings (SSSR count). The van der Waals surface area contributed by atoms with Crippen molar-refractivity contribution in [3.63, 3.8) is 0 Å². The van der Waals surface area contributed by atoms with E-state index in [2.05, 4.69) is 53.1 Å². The molecule has 0 heterocycles. The molecule has 24 heavy (non-hydrogen) atoms. The van der Waals surface area contributed by atoms with E-state index in [1.165, 1.54) is 17.4 Å². The minimum absolute atomic E-state index is 0.925. The van der Waals surface area contributed by atoms with Crippen LogP contribution in [0.5, 0.6) is 0 Å². The average Bonchev–Trinajstić information content (AvgIpc) is 2.64. The van der Waals surface area contributed by atoms with Gasteiger partial charge in [0, 0.05) is 4.57 Å². The first-order chi connectivity index (χ1) is 11.8. The summed E-state index contributed by atoms with van der Waals surface area (Å²) in [4.78, 5) is 8.27. The van der Waals surface area contributed by atoms with Gasteiger partial charge in [0.1, 0.15) is 0 Å². The minimum atomic E-state index is -2.53. The molecule has 1 atom stereocenters. The highest BCUT2D eigenvalue weighted by atomic mass is 31.1. The summed E-state index contributed by atoms with van der Waals surface area (Å²) in [5.41, 5.74) is 3.48. The maximum absolute atomic E-state index is 10.1. The van der Waals surface area contributed by atoms with E-state index in [4.69, 9.17) is 4.89 Å². The molecule has 0 saturated heterocycles. The molecule has 1 N–H and O–H groups in total. The van der Waals surface area contributed by atoms with Gasteiger partial charge in [0.2, 0.25) is 0 Å². The molecule has 0 spiro atoms. The lowest BCUT2D eigenvalue weighted by molar-refractivity contribution is 0.379. The van der Waals surface area contributed by atoms with Crippen molar-refractivity contribution in [1.82, 2.24) is 0 Å². The lowest BCUT2D eigenvalue weighted by Crippen LogP contribution is -1.73. The lowest BCUT2D eigenvalue weighted by atomic mass is 10.1. The zero-order valence-electron chi connectivity index (χ0n) is 13.0. The van der Waals surface area contributed by atoms with Crippen molar-refractivity contribution in [1.29, 1.82) is 0 Å². The Morgan fingerprint density at radius 3 is 1.54 bits per heavy atom. The molecule has 1 unspecified atom stereocenters. The van der Waals surface area contributed by atoms with Gasteiger partial charge in [0.05, 0.1) is 0 Å². The molecule has 3 aromatic rings. The predicted octanol–water partition coefficient (Wildman–Crippen LogP) is 5.68. The summed E-state index contributed by atoms with van der Waals surface area (Å²) in [7, 11) is -2.53. The first-order valence-electron chi connectivity index (χ1n) is 7.40. The van der Waals surface area contributed by atoms with E-state index >= 15 is 0 Å². The van der Waals surface area contributed by atoms with Crippen LogP contribution in [0.15, 0.2) is 97.3 Å². The number of hydrogen-bond donors (Lipinski definition) is 1. The highest BCUT2D eigenvalue weighted by Gasteiger charge is 2.06. The van der Waals surface area contributed by atoms with Crippen LogP contribution in [0.4, 0.5) is 0 Å². The van der Waals surface area contributed by atoms with E-state index in [1.54, 1.807) is 6.08 Å².